The molecule has 0 radical (unpaired) electrons. The molecular weight excluding hydrogens is 266 g/mol. The first-order valence-corrected chi connectivity index (χ1v) is 6.11. The Morgan fingerprint density at radius 3 is 2.42 bits per heavy atom. The third-order valence-corrected chi connectivity index (χ3v) is 3.09. The lowest BCUT2D eigenvalue weighted by Gasteiger charge is -2.18. The molecule has 19 heavy (non-hydrogen) atoms. The summed E-state index contributed by atoms with van der Waals surface area (Å²) >= 11 is 5.87. The Kier molecular flexibility index (Phi) is 5.12. The Hall–Kier alpha value is -1.81. The average molecular weight is 282 g/mol. The standard InChI is InChI=1S/C14H16ClNO3/c1-9(10(2)14(18)19)13(17)16(3)8-11-5-4-6-12(15)7-11/h4-7H,8H2,1-3H3,(H,18,19). The first-order chi connectivity index (χ1) is 8.82. The zero-order valence-electron chi connectivity index (χ0n) is 11.1. The number of likely N-dealkylation sites (N-methyl/N-ethyl adjacent to an activating group) is 1. The molecule has 102 valence electrons. The number of carboxylic acids is 1. The molecule has 0 saturated heterocycles. The number of amides is 1. The molecule has 0 bridgehead atoms. The van der Waals surface area contributed by atoms with E-state index in [0.717, 1.165) is 5.56 Å². The molecule has 5 heteroatoms. The Balaban J connectivity index is 2.84. The molecule has 0 aromatic heterocycles. The fourth-order valence-electron chi connectivity index (χ4n) is 1.59. The SMILES string of the molecule is CC(C(=O)O)=C(C)C(=O)N(C)Cc1cccc(Cl)c1. The molecule has 1 aromatic rings. The van der Waals surface area contributed by atoms with Gasteiger partial charge in [-0.1, -0.05) is 23.7 Å². The number of aliphatic carboxylic acids is 1. The van der Waals surface area contributed by atoms with Crippen molar-refractivity contribution in [3.05, 3.63) is 46.0 Å². The normalized spacial score (nSPS) is 11.8. The van der Waals surface area contributed by atoms with Crippen LogP contribution in [0.5, 0.6) is 0 Å². The number of hydrogen-bond donors (Lipinski definition) is 1. The molecule has 1 amide bonds. The van der Waals surface area contributed by atoms with Crippen molar-refractivity contribution in [2.45, 2.75) is 20.4 Å². The van der Waals surface area contributed by atoms with E-state index in [1.807, 2.05) is 6.07 Å². The van der Waals surface area contributed by atoms with Crippen molar-refractivity contribution in [1.29, 1.82) is 0 Å². The zero-order chi connectivity index (χ0) is 14.6. The summed E-state index contributed by atoms with van der Waals surface area (Å²) in [7, 11) is 1.63. The minimum atomic E-state index is -1.08. The van der Waals surface area contributed by atoms with E-state index in [1.54, 1.807) is 25.2 Å². The number of benzene rings is 1. The van der Waals surface area contributed by atoms with Crippen LogP contribution in [-0.2, 0) is 16.1 Å². The van der Waals surface area contributed by atoms with Crippen LogP contribution in [0, 0.1) is 0 Å². The number of rotatable bonds is 4. The van der Waals surface area contributed by atoms with Gasteiger partial charge in [0.05, 0.1) is 0 Å². The topological polar surface area (TPSA) is 57.6 Å². The lowest BCUT2D eigenvalue weighted by atomic mass is 10.1. The van der Waals surface area contributed by atoms with Crippen LogP contribution in [0.2, 0.25) is 5.02 Å². The first-order valence-electron chi connectivity index (χ1n) is 5.73. The molecule has 0 aliphatic heterocycles. The van der Waals surface area contributed by atoms with Crippen LogP contribution < -0.4 is 0 Å². The molecule has 0 aliphatic carbocycles. The van der Waals surface area contributed by atoms with Crippen molar-refractivity contribution in [3.8, 4) is 0 Å². The van der Waals surface area contributed by atoms with E-state index >= 15 is 0 Å². The largest absolute Gasteiger partial charge is 0.478 e. The summed E-state index contributed by atoms with van der Waals surface area (Å²) in [5, 5.41) is 9.47. The van der Waals surface area contributed by atoms with E-state index in [-0.39, 0.29) is 17.1 Å². The van der Waals surface area contributed by atoms with Crippen LogP contribution in [-0.4, -0.2) is 28.9 Å². The zero-order valence-corrected chi connectivity index (χ0v) is 11.9. The molecule has 4 nitrogen and oxygen atoms in total. The van der Waals surface area contributed by atoms with Gasteiger partial charge in [0.2, 0.25) is 5.91 Å². The minimum absolute atomic E-state index is 0.0583. The molecule has 0 heterocycles. The number of hydrogen-bond acceptors (Lipinski definition) is 2. The predicted molar refractivity (Wildman–Crippen MR) is 73.9 cm³/mol. The predicted octanol–water partition coefficient (Wildman–Crippen LogP) is 2.72. The Morgan fingerprint density at radius 1 is 1.26 bits per heavy atom. The molecule has 0 saturated carbocycles. The quantitative estimate of drug-likeness (QED) is 0.863. The highest BCUT2D eigenvalue weighted by molar-refractivity contribution is 6.30. The second kappa shape index (κ2) is 6.38. The molecule has 0 fully saturated rings. The van der Waals surface area contributed by atoms with Crippen molar-refractivity contribution in [2.75, 3.05) is 7.05 Å². The van der Waals surface area contributed by atoms with Gasteiger partial charge in [0.25, 0.3) is 0 Å². The smallest absolute Gasteiger partial charge is 0.331 e. The highest BCUT2D eigenvalue weighted by atomic mass is 35.5. The van der Waals surface area contributed by atoms with Crippen LogP contribution in [0.15, 0.2) is 35.4 Å². The third kappa shape index (κ3) is 4.10. The third-order valence-electron chi connectivity index (χ3n) is 2.86. The van der Waals surface area contributed by atoms with E-state index in [2.05, 4.69) is 0 Å². The summed E-state index contributed by atoms with van der Waals surface area (Å²) in [6, 6.07) is 7.20. The van der Waals surface area contributed by atoms with Gasteiger partial charge >= 0.3 is 5.97 Å². The summed E-state index contributed by atoms with van der Waals surface area (Å²) in [6.07, 6.45) is 0. The molecule has 1 aromatic carbocycles. The lowest BCUT2D eigenvalue weighted by molar-refractivity contribution is -0.133. The summed E-state index contributed by atoms with van der Waals surface area (Å²) in [5.41, 5.74) is 1.18. The fraction of sp³-hybridized carbons (Fsp3) is 0.286. The van der Waals surface area contributed by atoms with E-state index in [1.165, 1.54) is 18.7 Å². The second-order valence-electron chi connectivity index (χ2n) is 4.35. The lowest BCUT2D eigenvalue weighted by Crippen LogP contribution is -2.28. The molecular formula is C14H16ClNO3. The van der Waals surface area contributed by atoms with E-state index < -0.39 is 5.97 Å². The van der Waals surface area contributed by atoms with E-state index in [4.69, 9.17) is 16.7 Å². The van der Waals surface area contributed by atoms with Gasteiger partial charge in [-0.3, -0.25) is 4.79 Å². The number of nitrogens with zero attached hydrogens (tertiary/aromatic N) is 1. The highest BCUT2D eigenvalue weighted by Crippen LogP contribution is 2.14. The summed E-state index contributed by atoms with van der Waals surface area (Å²) in [4.78, 5) is 24.3. The molecule has 0 spiro atoms. The van der Waals surface area contributed by atoms with Gasteiger partial charge in [-0.25, -0.2) is 4.79 Å². The second-order valence-corrected chi connectivity index (χ2v) is 4.78. The van der Waals surface area contributed by atoms with Crippen LogP contribution in [0.1, 0.15) is 19.4 Å². The van der Waals surface area contributed by atoms with E-state index in [9.17, 15) is 9.59 Å². The van der Waals surface area contributed by atoms with Crippen molar-refractivity contribution < 1.29 is 14.7 Å². The Labute approximate surface area is 117 Å². The highest BCUT2D eigenvalue weighted by Gasteiger charge is 2.16. The summed E-state index contributed by atoms with van der Waals surface area (Å²) in [5.74, 6) is -1.39. The molecule has 0 aliphatic rings. The monoisotopic (exact) mass is 281 g/mol. The van der Waals surface area contributed by atoms with Gasteiger partial charge in [0, 0.05) is 29.8 Å². The van der Waals surface area contributed by atoms with Crippen LogP contribution in [0.4, 0.5) is 0 Å². The number of halogens is 1. The van der Waals surface area contributed by atoms with Gasteiger partial charge in [0.1, 0.15) is 0 Å². The molecule has 1 rings (SSSR count). The van der Waals surface area contributed by atoms with Crippen molar-refractivity contribution in [3.63, 3.8) is 0 Å². The minimum Gasteiger partial charge on any atom is -0.478 e. The van der Waals surface area contributed by atoms with Gasteiger partial charge in [-0.05, 0) is 31.5 Å². The van der Waals surface area contributed by atoms with Gasteiger partial charge in [-0.15, -0.1) is 0 Å². The molecule has 1 N–H and O–H groups in total. The number of carbonyl (C=O) groups excluding carboxylic acids is 1. The first kappa shape index (κ1) is 15.2. The van der Waals surface area contributed by atoms with Crippen molar-refractivity contribution in [2.24, 2.45) is 0 Å². The Morgan fingerprint density at radius 2 is 1.89 bits per heavy atom. The maximum Gasteiger partial charge on any atom is 0.331 e. The van der Waals surface area contributed by atoms with Gasteiger partial charge < -0.3 is 10.0 Å². The van der Waals surface area contributed by atoms with Gasteiger partial charge in [-0.2, -0.15) is 0 Å². The van der Waals surface area contributed by atoms with Crippen LogP contribution in [0.3, 0.4) is 0 Å². The molecule has 0 unspecified atom stereocenters. The van der Waals surface area contributed by atoms with Crippen molar-refractivity contribution >= 4 is 23.5 Å². The maximum absolute atomic E-state index is 12.0. The van der Waals surface area contributed by atoms with Crippen LogP contribution in [0.25, 0.3) is 0 Å². The molecule has 0 atom stereocenters. The number of carboxylic acid groups (broad SMARTS) is 1. The van der Waals surface area contributed by atoms with Gasteiger partial charge in [0.15, 0.2) is 0 Å². The Bertz CT molecular complexity index is 537. The maximum atomic E-state index is 12.0. The van der Waals surface area contributed by atoms with E-state index in [0.29, 0.717) is 11.6 Å². The summed E-state index contributed by atoms with van der Waals surface area (Å²) in [6.45, 7) is 3.31. The fourth-order valence-corrected chi connectivity index (χ4v) is 1.80. The average Bonchev–Trinajstić information content (AvgIpc) is 2.35. The van der Waals surface area contributed by atoms with Crippen LogP contribution >= 0.6 is 11.6 Å². The summed E-state index contributed by atoms with van der Waals surface area (Å²) < 4.78 is 0. The number of carbonyl (C=O) groups is 2. The van der Waals surface area contributed by atoms with Crippen molar-refractivity contribution in [1.82, 2.24) is 4.90 Å².